The maximum Gasteiger partial charge on any atom is 0.250 e. The van der Waals surface area contributed by atoms with Gasteiger partial charge < -0.3 is 19.3 Å². The zero-order valence-electron chi connectivity index (χ0n) is 20.5. The molecule has 6 nitrogen and oxygen atoms in total. The first kappa shape index (κ1) is 24.1. The number of carbonyl (C=O) groups is 2. The van der Waals surface area contributed by atoms with E-state index < -0.39 is 6.04 Å². The Balaban J connectivity index is 1.68. The number of benzene rings is 2. The summed E-state index contributed by atoms with van der Waals surface area (Å²) in [5.74, 6) is 1.89. The lowest BCUT2D eigenvalue weighted by atomic mass is 9.85. The third-order valence-corrected chi connectivity index (χ3v) is 7.04. The van der Waals surface area contributed by atoms with Crippen LogP contribution in [0.15, 0.2) is 48.5 Å². The molecule has 0 bridgehead atoms. The van der Waals surface area contributed by atoms with Crippen LogP contribution in [0.5, 0.6) is 11.5 Å². The van der Waals surface area contributed by atoms with Gasteiger partial charge in [-0.1, -0.05) is 50.2 Å². The molecule has 2 aromatic rings. The van der Waals surface area contributed by atoms with Gasteiger partial charge in [0, 0.05) is 12.6 Å². The van der Waals surface area contributed by atoms with Crippen molar-refractivity contribution in [2.45, 2.75) is 64.6 Å². The number of carbonyl (C=O) groups excluding carboxylic acids is 2. The van der Waals surface area contributed by atoms with Crippen molar-refractivity contribution in [2.24, 2.45) is 5.92 Å². The van der Waals surface area contributed by atoms with Crippen LogP contribution in [0.25, 0.3) is 0 Å². The minimum Gasteiger partial charge on any atom is -0.493 e. The van der Waals surface area contributed by atoms with E-state index in [1.54, 1.807) is 12.0 Å². The number of hydrogen-bond acceptors (Lipinski definition) is 4. The van der Waals surface area contributed by atoms with E-state index >= 15 is 0 Å². The molecule has 1 aliphatic carbocycles. The molecule has 1 saturated heterocycles. The summed E-state index contributed by atoms with van der Waals surface area (Å²) in [6, 6.07) is 14.9. The monoisotopic (exact) mass is 464 g/mol. The highest BCUT2D eigenvalue weighted by atomic mass is 16.5. The van der Waals surface area contributed by atoms with Crippen molar-refractivity contribution in [3.8, 4) is 11.5 Å². The van der Waals surface area contributed by atoms with Gasteiger partial charge in [-0.15, -0.1) is 0 Å². The first-order chi connectivity index (χ1) is 16.5. The fourth-order valence-electron chi connectivity index (χ4n) is 5.08. The molecule has 1 atom stereocenters. The molecule has 34 heavy (non-hydrogen) atoms. The number of hydrogen-bond donors (Lipinski definition) is 0. The highest BCUT2D eigenvalue weighted by Gasteiger charge is 2.43. The van der Waals surface area contributed by atoms with E-state index in [4.69, 9.17) is 9.47 Å². The van der Waals surface area contributed by atoms with Crippen LogP contribution in [-0.2, 0) is 16.1 Å². The normalized spacial score (nSPS) is 23.2. The molecule has 2 amide bonds. The van der Waals surface area contributed by atoms with E-state index in [0.717, 1.165) is 43.2 Å². The van der Waals surface area contributed by atoms with Crippen molar-refractivity contribution in [1.29, 1.82) is 0 Å². The minimum absolute atomic E-state index is 0.000589. The highest BCUT2D eigenvalue weighted by molar-refractivity contribution is 5.96. The average Bonchev–Trinajstić information content (AvgIpc) is 2.86. The van der Waals surface area contributed by atoms with Crippen molar-refractivity contribution in [1.82, 2.24) is 9.80 Å². The maximum absolute atomic E-state index is 14.0. The molecule has 0 spiro atoms. The maximum atomic E-state index is 14.0. The van der Waals surface area contributed by atoms with E-state index in [2.05, 4.69) is 13.8 Å². The topological polar surface area (TPSA) is 59.1 Å². The molecule has 2 aromatic carbocycles. The molecule has 2 aliphatic rings. The zero-order valence-corrected chi connectivity index (χ0v) is 20.5. The summed E-state index contributed by atoms with van der Waals surface area (Å²) in [6.45, 7) is 5.44. The van der Waals surface area contributed by atoms with E-state index in [1.165, 1.54) is 0 Å². The SMILES string of the molecule is CCCOc1ccc(C2C(=O)N(C3CCC(C)CC3)CC(=O)N2Cc2ccccc2)cc1OC. The average molecular weight is 465 g/mol. The molecule has 0 aromatic heterocycles. The van der Waals surface area contributed by atoms with Crippen LogP contribution in [-0.4, -0.2) is 47.9 Å². The summed E-state index contributed by atoms with van der Waals surface area (Å²) in [7, 11) is 1.60. The summed E-state index contributed by atoms with van der Waals surface area (Å²) in [5, 5.41) is 0. The lowest BCUT2D eigenvalue weighted by Crippen LogP contribution is -2.58. The van der Waals surface area contributed by atoms with Gasteiger partial charge in [0.25, 0.3) is 5.91 Å². The highest BCUT2D eigenvalue weighted by Crippen LogP contribution is 2.37. The van der Waals surface area contributed by atoms with Crippen LogP contribution in [0.2, 0.25) is 0 Å². The number of rotatable bonds is 8. The van der Waals surface area contributed by atoms with E-state index in [9.17, 15) is 9.59 Å². The molecule has 1 heterocycles. The van der Waals surface area contributed by atoms with Crippen LogP contribution in [0.1, 0.15) is 63.1 Å². The smallest absolute Gasteiger partial charge is 0.250 e. The molecule has 1 unspecified atom stereocenters. The molecular weight excluding hydrogens is 428 g/mol. The van der Waals surface area contributed by atoms with Gasteiger partial charge in [0.15, 0.2) is 11.5 Å². The number of ether oxygens (including phenoxy) is 2. The van der Waals surface area contributed by atoms with Gasteiger partial charge in [-0.25, -0.2) is 0 Å². The fraction of sp³-hybridized carbons (Fsp3) is 0.500. The third-order valence-electron chi connectivity index (χ3n) is 7.04. The molecule has 0 radical (unpaired) electrons. The molecule has 1 aliphatic heterocycles. The second kappa shape index (κ2) is 10.9. The van der Waals surface area contributed by atoms with Crippen LogP contribution in [0.3, 0.4) is 0 Å². The molecular formula is C28H36N2O4. The Hall–Kier alpha value is -3.02. The summed E-state index contributed by atoms with van der Waals surface area (Å²) in [5.41, 5.74) is 1.76. The summed E-state index contributed by atoms with van der Waals surface area (Å²) in [4.78, 5) is 31.0. The quantitative estimate of drug-likeness (QED) is 0.553. The molecule has 0 N–H and O–H groups in total. The van der Waals surface area contributed by atoms with Gasteiger partial charge in [-0.3, -0.25) is 9.59 Å². The summed E-state index contributed by atoms with van der Waals surface area (Å²) >= 11 is 0. The van der Waals surface area contributed by atoms with Crippen molar-refractivity contribution in [3.05, 3.63) is 59.7 Å². The van der Waals surface area contributed by atoms with Crippen molar-refractivity contribution < 1.29 is 19.1 Å². The Kier molecular flexibility index (Phi) is 7.76. The van der Waals surface area contributed by atoms with Crippen molar-refractivity contribution in [2.75, 3.05) is 20.3 Å². The summed E-state index contributed by atoms with van der Waals surface area (Å²) in [6.07, 6.45) is 4.99. The Bertz CT molecular complexity index is 985. The molecule has 2 fully saturated rings. The standard InChI is InChI=1S/C28H36N2O4/c1-4-16-34-24-15-12-22(17-25(24)33-3)27-28(32)29(23-13-10-20(2)11-14-23)19-26(31)30(27)18-21-8-6-5-7-9-21/h5-9,12,15,17,20,23,27H,4,10-11,13-14,16,18-19H2,1-3H3. The predicted molar refractivity (Wildman–Crippen MR) is 132 cm³/mol. The lowest BCUT2D eigenvalue weighted by molar-refractivity contribution is -0.160. The Morgan fingerprint density at radius 2 is 1.71 bits per heavy atom. The van der Waals surface area contributed by atoms with Gasteiger partial charge in [-0.2, -0.15) is 0 Å². The third kappa shape index (κ3) is 5.21. The molecule has 6 heteroatoms. The van der Waals surface area contributed by atoms with Gasteiger partial charge in [0.2, 0.25) is 5.91 Å². The second-order valence-electron chi connectivity index (χ2n) is 9.55. The zero-order chi connectivity index (χ0) is 24.1. The van der Waals surface area contributed by atoms with E-state index in [-0.39, 0.29) is 24.4 Å². The van der Waals surface area contributed by atoms with Crippen molar-refractivity contribution >= 4 is 11.8 Å². The first-order valence-electron chi connectivity index (χ1n) is 12.5. The Morgan fingerprint density at radius 3 is 2.38 bits per heavy atom. The summed E-state index contributed by atoms with van der Waals surface area (Å²) < 4.78 is 11.4. The number of methoxy groups -OCH3 is 1. The van der Waals surface area contributed by atoms with Gasteiger partial charge in [-0.05, 0) is 61.3 Å². The largest absolute Gasteiger partial charge is 0.493 e. The Labute approximate surface area is 202 Å². The molecule has 4 rings (SSSR count). The number of amides is 2. The van der Waals surface area contributed by atoms with Gasteiger partial charge in [0.05, 0.1) is 13.7 Å². The molecule has 1 saturated carbocycles. The number of piperazine rings is 1. The Morgan fingerprint density at radius 1 is 0.971 bits per heavy atom. The fourth-order valence-corrected chi connectivity index (χ4v) is 5.08. The first-order valence-corrected chi connectivity index (χ1v) is 12.5. The predicted octanol–water partition coefficient (Wildman–Crippen LogP) is 4.97. The van der Waals surface area contributed by atoms with Crippen molar-refractivity contribution in [3.63, 3.8) is 0 Å². The second-order valence-corrected chi connectivity index (χ2v) is 9.55. The van der Waals surface area contributed by atoms with Gasteiger partial charge >= 0.3 is 0 Å². The number of nitrogens with zero attached hydrogens (tertiary/aromatic N) is 2. The lowest BCUT2D eigenvalue weighted by Gasteiger charge is -2.45. The van der Waals surface area contributed by atoms with Crippen LogP contribution in [0, 0.1) is 5.92 Å². The minimum atomic E-state index is -0.685. The van der Waals surface area contributed by atoms with Gasteiger partial charge in [0.1, 0.15) is 12.6 Å². The van der Waals surface area contributed by atoms with E-state index in [1.807, 2.05) is 53.4 Å². The van der Waals surface area contributed by atoms with Crippen LogP contribution in [0.4, 0.5) is 0 Å². The van der Waals surface area contributed by atoms with E-state index in [0.29, 0.717) is 30.6 Å². The van der Waals surface area contributed by atoms with Crippen LogP contribution >= 0.6 is 0 Å². The molecule has 182 valence electrons. The van der Waals surface area contributed by atoms with Crippen LogP contribution < -0.4 is 9.47 Å².